The van der Waals surface area contributed by atoms with Crippen LogP contribution in [0.2, 0.25) is 5.02 Å². The summed E-state index contributed by atoms with van der Waals surface area (Å²) in [6.07, 6.45) is 7.62. The van der Waals surface area contributed by atoms with Crippen LogP contribution in [0.4, 0.5) is 5.69 Å². The predicted octanol–water partition coefficient (Wildman–Crippen LogP) is 6.81. The Labute approximate surface area is 168 Å². The number of hydrogen-bond donors (Lipinski definition) is 1. The van der Waals surface area contributed by atoms with Crippen molar-refractivity contribution in [2.45, 2.75) is 24.8 Å². The number of nitrogens with one attached hydrogen (secondary N) is 1. The van der Waals surface area contributed by atoms with E-state index in [0.29, 0.717) is 17.9 Å². The van der Waals surface area contributed by atoms with Gasteiger partial charge in [0.1, 0.15) is 0 Å². The molecule has 2 aromatic rings. The molecule has 2 bridgehead atoms. The molecule has 2 saturated carbocycles. The molecule has 7 atom stereocenters. The van der Waals surface area contributed by atoms with E-state index < -0.39 is 0 Å². The molecule has 0 aromatic heterocycles. The molecule has 0 amide bonds. The molecule has 1 N–H and O–H groups in total. The van der Waals surface area contributed by atoms with E-state index in [9.17, 15) is 0 Å². The molecule has 1 heterocycles. The molecular weight excluding hydrogens is 406 g/mol. The van der Waals surface area contributed by atoms with Crippen molar-refractivity contribution in [1.29, 1.82) is 0 Å². The van der Waals surface area contributed by atoms with Gasteiger partial charge in [0.15, 0.2) is 0 Å². The minimum absolute atomic E-state index is 0.401. The first-order valence-corrected chi connectivity index (χ1v) is 10.9. The topological polar surface area (TPSA) is 12.0 Å². The van der Waals surface area contributed by atoms with Gasteiger partial charge in [-0.15, -0.1) is 0 Å². The summed E-state index contributed by atoms with van der Waals surface area (Å²) in [7, 11) is 0. The quantitative estimate of drug-likeness (QED) is 0.494. The van der Waals surface area contributed by atoms with Gasteiger partial charge in [-0.1, -0.05) is 51.8 Å². The molecule has 6 rings (SSSR count). The van der Waals surface area contributed by atoms with Gasteiger partial charge in [-0.3, -0.25) is 0 Å². The van der Waals surface area contributed by atoms with Gasteiger partial charge in [-0.05, 0) is 89.8 Å². The van der Waals surface area contributed by atoms with Crippen molar-refractivity contribution in [2.75, 3.05) is 5.32 Å². The summed E-state index contributed by atoms with van der Waals surface area (Å²) < 4.78 is 1.15. The zero-order chi connectivity index (χ0) is 17.4. The Bertz CT molecular complexity index is 905. The first-order chi connectivity index (χ1) is 12.7. The number of fused-ring (bicyclic) bond motifs is 10. The van der Waals surface area contributed by atoms with Gasteiger partial charge in [-0.2, -0.15) is 0 Å². The van der Waals surface area contributed by atoms with Gasteiger partial charge in [0.2, 0.25) is 0 Å². The van der Waals surface area contributed by atoms with E-state index in [-0.39, 0.29) is 0 Å². The summed E-state index contributed by atoms with van der Waals surface area (Å²) in [6.45, 7) is 0. The normalized spacial score (nSPS) is 38.6. The maximum Gasteiger partial charge on any atom is 0.0550 e. The molecule has 1 nitrogen and oxygen atoms in total. The van der Waals surface area contributed by atoms with Crippen molar-refractivity contribution < 1.29 is 0 Å². The van der Waals surface area contributed by atoms with E-state index in [0.717, 1.165) is 33.2 Å². The van der Waals surface area contributed by atoms with Gasteiger partial charge >= 0.3 is 0 Å². The molecule has 26 heavy (non-hydrogen) atoms. The number of halogens is 2. The highest BCUT2D eigenvalue weighted by atomic mass is 79.9. The van der Waals surface area contributed by atoms with Crippen molar-refractivity contribution in [3.05, 3.63) is 75.2 Å². The highest BCUT2D eigenvalue weighted by Gasteiger charge is 2.61. The SMILES string of the molecule is Clc1ccc2c(c1)[C@H]1[C@H]3C[C@H]([C@@H]4CC=C[C@@H]43)[C@H]1[C@H](c1ccc(Br)cc1)N2. The van der Waals surface area contributed by atoms with Crippen LogP contribution in [0.5, 0.6) is 0 Å². The number of anilines is 1. The van der Waals surface area contributed by atoms with Crippen molar-refractivity contribution >= 4 is 33.2 Å². The Hall–Kier alpha value is -1.25. The van der Waals surface area contributed by atoms with Crippen molar-refractivity contribution in [2.24, 2.45) is 29.6 Å². The second-order valence-electron chi connectivity index (χ2n) is 8.48. The van der Waals surface area contributed by atoms with E-state index in [4.69, 9.17) is 11.6 Å². The maximum absolute atomic E-state index is 6.40. The third kappa shape index (κ3) is 2.09. The Morgan fingerprint density at radius 3 is 2.69 bits per heavy atom. The molecule has 0 saturated heterocycles. The van der Waals surface area contributed by atoms with Crippen LogP contribution in [0.15, 0.2) is 59.1 Å². The molecule has 3 heteroatoms. The van der Waals surface area contributed by atoms with E-state index in [2.05, 4.69) is 69.8 Å². The van der Waals surface area contributed by atoms with Crippen LogP contribution >= 0.6 is 27.5 Å². The molecule has 0 spiro atoms. The van der Waals surface area contributed by atoms with Crippen molar-refractivity contribution in [3.63, 3.8) is 0 Å². The number of benzene rings is 2. The van der Waals surface area contributed by atoms with Crippen LogP contribution in [-0.4, -0.2) is 0 Å². The minimum Gasteiger partial charge on any atom is -0.378 e. The predicted molar refractivity (Wildman–Crippen MR) is 111 cm³/mol. The van der Waals surface area contributed by atoms with Crippen LogP contribution in [-0.2, 0) is 0 Å². The van der Waals surface area contributed by atoms with Crippen LogP contribution < -0.4 is 5.32 Å². The maximum atomic E-state index is 6.40. The summed E-state index contributed by atoms with van der Waals surface area (Å²) in [5.74, 6) is 4.56. The number of rotatable bonds is 1. The van der Waals surface area contributed by atoms with Crippen LogP contribution in [0.25, 0.3) is 0 Å². The number of hydrogen-bond acceptors (Lipinski definition) is 1. The standard InChI is InChI=1S/C23H21BrClN/c24-13-6-4-12(5-7-13)23-22-18-11-17(15-2-1-3-16(15)18)21(22)19-10-14(25)8-9-20(19)26-23/h1-2,4-10,15-18,21-23,26H,3,11H2/t15-,16+,17-,18+,21+,22+,23-/m0/s1. The Morgan fingerprint density at radius 2 is 1.85 bits per heavy atom. The molecule has 3 aliphatic carbocycles. The van der Waals surface area contributed by atoms with E-state index in [1.54, 1.807) is 0 Å². The molecule has 132 valence electrons. The molecule has 0 radical (unpaired) electrons. The Balaban J connectivity index is 1.50. The van der Waals surface area contributed by atoms with Crippen molar-refractivity contribution in [1.82, 2.24) is 0 Å². The Morgan fingerprint density at radius 1 is 1.00 bits per heavy atom. The monoisotopic (exact) mass is 425 g/mol. The Kier molecular flexibility index (Phi) is 3.41. The summed E-state index contributed by atoms with van der Waals surface area (Å²) in [5, 5.41) is 4.77. The summed E-state index contributed by atoms with van der Waals surface area (Å²) in [4.78, 5) is 0. The summed E-state index contributed by atoms with van der Waals surface area (Å²) in [6, 6.07) is 15.8. The third-order valence-electron chi connectivity index (χ3n) is 7.52. The van der Waals surface area contributed by atoms with Gasteiger partial charge in [0.25, 0.3) is 0 Å². The molecule has 4 aliphatic rings. The first-order valence-electron chi connectivity index (χ1n) is 9.69. The average Bonchev–Trinajstić information content (AvgIpc) is 3.34. The zero-order valence-electron chi connectivity index (χ0n) is 14.4. The van der Waals surface area contributed by atoms with E-state index in [1.807, 2.05) is 6.07 Å². The molecule has 2 fully saturated rings. The van der Waals surface area contributed by atoms with Crippen LogP contribution in [0.3, 0.4) is 0 Å². The number of allylic oxidation sites excluding steroid dienone is 2. The molecular formula is C23H21BrClN. The fraction of sp³-hybridized carbons (Fsp3) is 0.391. The highest BCUT2D eigenvalue weighted by molar-refractivity contribution is 9.10. The lowest BCUT2D eigenvalue weighted by atomic mass is 9.62. The van der Waals surface area contributed by atoms with Crippen molar-refractivity contribution in [3.8, 4) is 0 Å². The van der Waals surface area contributed by atoms with Gasteiger partial charge < -0.3 is 5.32 Å². The zero-order valence-corrected chi connectivity index (χ0v) is 16.7. The second kappa shape index (κ2) is 5.62. The highest BCUT2D eigenvalue weighted by Crippen LogP contribution is 2.69. The van der Waals surface area contributed by atoms with E-state index in [1.165, 1.54) is 29.7 Å². The lowest BCUT2D eigenvalue weighted by molar-refractivity contribution is 0.153. The fourth-order valence-corrected chi connectivity index (χ4v) is 7.16. The summed E-state index contributed by atoms with van der Waals surface area (Å²) in [5.41, 5.74) is 4.16. The molecule has 1 aliphatic heterocycles. The average molecular weight is 427 g/mol. The lowest BCUT2D eigenvalue weighted by Crippen LogP contribution is -2.40. The van der Waals surface area contributed by atoms with Crippen LogP contribution in [0, 0.1) is 29.6 Å². The molecule has 2 aromatic carbocycles. The van der Waals surface area contributed by atoms with Gasteiger partial charge in [0.05, 0.1) is 6.04 Å². The van der Waals surface area contributed by atoms with Gasteiger partial charge in [0, 0.05) is 15.2 Å². The second-order valence-corrected chi connectivity index (χ2v) is 9.83. The fourth-order valence-electron chi connectivity index (χ4n) is 6.71. The summed E-state index contributed by atoms with van der Waals surface area (Å²) >= 11 is 9.99. The minimum atomic E-state index is 0.401. The molecule has 0 unspecified atom stereocenters. The largest absolute Gasteiger partial charge is 0.378 e. The van der Waals surface area contributed by atoms with Crippen LogP contribution in [0.1, 0.15) is 35.9 Å². The first kappa shape index (κ1) is 15.8. The lowest BCUT2D eigenvalue weighted by Gasteiger charge is -2.47. The van der Waals surface area contributed by atoms with E-state index >= 15 is 0 Å². The third-order valence-corrected chi connectivity index (χ3v) is 8.28. The smallest absolute Gasteiger partial charge is 0.0550 e. The van der Waals surface area contributed by atoms with Gasteiger partial charge in [-0.25, -0.2) is 0 Å².